The van der Waals surface area contributed by atoms with Crippen LogP contribution in [0.3, 0.4) is 0 Å². The maximum absolute atomic E-state index is 15.0. The zero-order valence-electron chi connectivity index (χ0n) is 18.9. The molecule has 2 N–H and O–H groups in total. The first kappa shape index (κ1) is 21.8. The van der Waals surface area contributed by atoms with Gasteiger partial charge in [-0.05, 0) is 30.0 Å². The third-order valence-electron chi connectivity index (χ3n) is 6.93. The van der Waals surface area contributed by atoms with E-state index in [9.17, 15) is 19.2 Å². The van der Waals surface area contributed by atoms with Gasteiger partial charge in [0.2, 0.25) is 5.91 Å². The summed E-state index contributed by atoms with van der Waals surface area (Å²) < 4.78 is 28.7. The lowest BCUT2D eigenvalue weighted by atomic mass is 9.60. The summed E-state index contributed by atoms with van der Waals surface area (Å²) in [4.78, 5) is 30.4. The lowest BCUT2D eigenvalue weighted by molar-refractivity contribution is -0.124. The van der Waals surface area contributed by atoms with Crippen LogP contribution in [0.5, 0.6) is 0 Å². The Morgan fingerprint density at radius 2 is 1.76 bits per heavy atom. The minimum atomic E-state index is -1.72. The molecule has 0 fully saturated rings. The van der Waals surface area contributed by atoms with E-state index in [0.717, 1.165) is 12.1 Å². The topological polar surface area (TPSA) is 90.4 Å². The quantitative estimate of drug-likeness (QED) is 0.694. The normalized spacial score (nSPS) is 23.4. The molecular formula is C26H22F2N4O2. The molecular weight excluding hydrogens is 438 g/mol. The smallest absolute Gasteiger partial charge is 0.247 e. The molecule has 8 heteroatoms. The number of likely N-dealkylation sites (N-methyl/N-ethyl adjacent to an activating group) is 1. The Kier molecular flexibility index (Phi) is 4.50. The molecule has 0 radical (unpaired) electrons. The Labute approximate surface area is 195 Å². The van der Waals surface area contributed by atoms with Crippen LogP contribution in [0.2, 0.25) is 0 Å². The fourth-order valence-corrected chi connectivity index (χ4v) is 5.60. The first-order valence-electron chi connectivity index (χ1n) is 10.8. The molecule has 5 rings (SSSR count). The van der Waals surface area contributed by atoms with E-state index in [4.69, 9.17) is 5.73 Å². The highest BCUT2D eigenvalue weighted by Gasteiger charge is 2.62. The van der Waals surface area contributed by atoms with E-state index in [0.29, 0.717) is 23.4 Å². The standard InChI is InChI=1S/C26H22F2N4O2/c1-25(2)11-20-22(21(33)12-25)26(15-6-4-5-7-18(15)31(3)24(26)34)16(13-29)23(30)32(20)19-9-8-14(27)10-17(19)28/h4-10H,11-12,30H2,1-3H3/t26-/m0/s1. The van der Waals surface area contributed by atoms with Crippen molar-refractivity contribution in [2.75, 3.05) is 16.8 Å². The predicted molar refractivity (Wildman–Crippen MR) is 122 cm³/mol. The molecule has 34 heavy (non-hydrogen) atoms. The maximum Gasteiger partial charge on any atom is 0.247 e. The van der Waals surface area contributed by atoms with E-state index in [1.807, 2.05) is 13.8 Å². The van der Waals surface area contributed by atoms with Crippen molar-refractivity contribution in [2.45, 2.75) is 32.1 Å². The van der Waals surface area contributed by atoms with Gasteiger partial charge in [-0.2, -0.15) is 5.26 Å². The number of hydrogen-bond donors (Lipinski definition) is 1. The number of anilines is 2. The largest absolute Gasteiger partial charge is 0.384 e. The Hall–Kier alpha value is -3.99. The van der Waals surface area contributed by atoms with E-state index in [1.54, 1.807) is 31.3 Å². The van der Waals surface area contributed by atoms with Crippen molar-refractivity contribution in [3.63, 3.8) is 0 Å². The molecule has 1 amide bonds. The number of nitriles is 1. The molecule has 0 bridgehead atoms. The number of carbonyl (C=O) groups excluding carboxylic acids is 2. The number of fused-ring (bicyclic) bond motifs is 3. The molecule has 0 aromatic heterocycles. The number of para-hydroxylation sites is 1. The lowest BCUT2D eigenvalue weighted by Crippen LogP contribution is -2.53. The van der Waals surface area contributed by atoms with Crippen molar-refractivity contribution >= 4 is 23.1 Å². The SMILES string of the molecule is CN1C(=O)[C@]2(C(C#N)=C(N)N(c3ccc(F)cc3F)C3=C2C(=O)CC(C)(C)C3)c2ccccc21. The third-order valence-corrected chi connectivity index (χ3v) is 6.93. The average Bonchev–Trinajstić information content (AvgIpc) is 2.97. The second-order valence-electron chi connectivity index (χ2n) is 9.70. The molecule has 0 unspecified atom stereocenters. The van der Waals surface area contributed by atoms with Crippen molar-refractivity contribution in [2.24, 2.45) is 11.1 Å². The zero-order chi connectivity index (χ0) is 24.6. The summed E-state index contributed by atoms with van der Waals surface area (Å²) in [5.41, 5.74) is 5.60. The molecule has 1 atom stereocenters. The molecule has 1 aliphatic carbocycles. The average molecular weight is 460 g/mol. The Morgan fingerprint density at radius 1 is 1.06 bits per heavy atom. The highest BCUT2D eigenvalue weighted by atomic mass is 19.1. The molecule has 2 aromatic carbocycles. The Balaban J connectivity index is 1.93. The fraction of sp³-hybridized carbons (Fsp3) is 0.269. The second kappa shape index (κ2) is 7.00. The fourth-order valence-electron chi connectivity index (χ4n) is 5.60. The van der Waals surface area contributed by atoms with Crippen LogP contribution in [-0.2, 0) is 15.0 Å². The van der Waals surface area contributed by atoms with Crippen LogP contribution in [-0.4, -0.2) is 18.7 Å². The summed E-state index contributed by atoms with van der Waals surface area (Å²) in [6.07, 6.45) is 0.441. The van der Waals surface area contributed by atoms with Gasteiger partial charge in [0.25, 0.3) is 0 Å². The van der Waals surface area contributed by atoms with Crippen molar-refractivity contribution < 1.29 is 18.4 Å². The monoisotopic (exact) mass is 460 g/mol. The summed E-state index contributed by atoms with van der Waals surface area (Å²) in [7, 11) is 1.59. The van der Waals surface area contributed by atoms with Gasteiger partial charge in [-0.25, -0.2) is 8.78 Å². The lowest BCUT2D eigenvalue weighted by Gasteiger charge is -2.46. The Bertz CT molecular complexity index is 1400. The highest BCUT2D eigenvalue weighted by molar-refractivity contribution is 6.20. The summed E-state index contributed by atoms with van der Waals surface area (Å²) in [6, 6.07) is 12.1. The molecule has 0 saturated heterocycles. The van der Waals surface area contributed by atoms with Crippen molar-refractivity contribution in [1.29, 1.82) is 5.26 Å². The minimum absolute atomic E-state index is 0.0911. The van der Waals surface area contributed by atoms with Gasteiger partial charge < -0.3 is 10.6 Å². The molecule has 0 saturated carbocycles. The number of hydrogen-bond acceptors (Lipinski definition) is 5. The maximum atomic E-state index is 15.0. The van der Waals surface area contributed by atoms with Crippen molar-refractivity contribution in [1.82, 2.24) is 0 Å². The van der Waals surface area contributed by atoms with E-state index in [-0.39, 0.29) is 34.9 Å². The molecule has 2 aromatic rings. The third kappa shape index (κ3) is 2.64. The minimum Gasteiger partial charge on any atom is -0.384 e. The summed E-state index contributed by atoms with van der Waals surface area (Å²) in [6.45, 7) is 3.80. The van der Waals surface area contributed by atoms with Crippen LogP contribution in [0.4, 0.5) is 20.2 Å². The second-order valence-corrected chi connectivity index (χ2v) is 9.70. The van der Waals surface area contributed by atoms with E-state index >= 15 is 4.39 Å². The molecule has 6 nitrogen and oxygen atoms in total. The van der Waals surface area contributed by atoms with Crippen molar-refractivity contribution in [3.05, 3.63) is 82.3 Å². The van der Waals surface area contributed by atoms with Crippen LogP contribution in [0.1, 0.15) is 32.3 Å². The molecule has 1 spiro atoms. The van der Waals surface area contributed by atoms with Crippen LogP contribution in [0.25, 0.3) is 0 Å². The number of Topliss-reactive ketones (excluding diaryl/α,β-unsaturated/α-hetero) is 1. The van der Waals surface area contributed by atoms with Gasteiger partial charge in [-0.1, -0.05) is 32.0 Å². The van der Waals surface area contributed by atoms with Crippen molar-refractivity contribution in [3.8, 4) is 6.07 Å². The van der Waals surface area contributed by atoms with E-state index in [2.05, 4.69) is 6.07 Å². The van der Waals surface area contributed by atoms with Crippen LogP contribution in [0.15, 0.2) is 65.1 Å². The van der Waals surface area contributed by atoms with Gasteiger partial charge in [-0.3, -0.25) is 14.5 Å². The van der Waals surface area contributed by atoms with Gasteiger partial charge >= 0.3 is 0 Å². The van der Waals surface area contributed by atoms with Gasteiger partial charge in [0, 0.05) is 42.1 Å². The number of benzene rings is 2. The number of amides is 1. The van der Waals surface area contributed by atoms with Crippen LogP contribution in [0, 0.1) is 28.4 Å². The van der Waals surface area contributed by atoms with Crippen LogP contribution < -0.4 is 15.5 Å². The number of allylic oxidation sites excluding steroid dienone is 1. The van der Waals surface area contributed by atoms with Gasteiger partial charge in [0.15, 0.2) is 5.78 Å². The van der Waals surface area contributed by atoms with E-state index in [1.165, 1.54) is 15.9 Å². The summed E-state index contributed by atoms with van der Waals surface area (Å²) in [5.74, 6) is -2.59. The number of rotatable bonds is 1. The summed E-state index contributed by atoms with van der Waals surface area (Å²) >= 11 is 0. The van der Waals surface area contributed by atoms with Gasteiger partial charge in [0.05, 0.1) is 11.3 Å². The molecule has 172 valence electrons. The number of nitrogens with zero attached hydrogens (tertiary/aromatic N) is 3. The zero-order valence-corrected chi connectivity index (χ0v) is 18.9. The number of ketones is 1. The van der Waals surface area contributed by atoms with Gasteiger partial charge in [0.1, 0.15) is 28.9 Å². The van der Waals surface area contributed by atoms with Gasteiger partial charge in [-0.15, -0.1) is 0 Å². The number of nitrogens with two attached hydrogens (primary N) is 1. The Morgan fingerprint density at radius 3 is 2.44 bits per heavy atom. The van der Waals surface area contributed by atoms with Crippen LogP contribution >= 0.6 is 0 Å². The highest BCUT2D eigenvalue weighted by Crippen LogP contribution is 2.58. The molecule has 3 aliphatic rings. The number of halogens is 2. The first-order valence-corrected chi connectivity index (χ1v) is 10.8. The molecule has 2 aliphatic heterocycles. The van der Waals surface area contributed by atoms with E-state index < -0.39 is 28.4 Å². The summed E-state index contributed by atoms with van der Waals surface area (Å²) in [5, 5.41) is 10.3. The predicted octanol–water partition coefficient (Wildman–Crippen LogP) is 4.04. The number of carbonyl (C=O) groups is 2. The molecule has 2 heterocycles. The first-order chi connectivity index (χ1) is 16.0.